The summed E-state index contributed by atoms with van der Waals surface area (Å²) in [5.41, 5.74) is 1.08. The summed E-state index contributed by atoms with van der Waals surface area (Å²) in [7, 11) is 1.93. The second kappa shape index (κ2) is 4.76. The highest BCUT2D eigenvalue weighted by molar-refractivity contribution is 5.48. The van der Waals surface area contributed by atoms with Gasteiger partial charge in [0, 0.05) is 18.3 Å². The highest BCUT2D eigenvalue weighted by Crippen LogP contribution is 2.35. The lowest BCUT2D eigenvalue weighted by atomic mass is 10.0. The number of hydrogen-bond donors (Lipinski definition) is 0. The topological polar surface area (TPSA) is 78.9 Å². The molecular formula is C13H13N5O2. The van der Waals surface area contributed by atoms with Gasteiger partial charge in [-0.3, -0.25) is 15.2 Å². The molecule has 0 radical (unpaired) electrons. The minimum Gasteiger partial charge on any atom is -0.436 e. The zero-order valence-electron chi connectivity index (χ0n) is 10.9. The Labute approximate surface area is 115 Å². The number of nitrogens with zero attached hydrogens (tertiary/aromatic N) is 5. The van der Waals surface area contributed by atoms with Crippen molar-refractivity contribution in [2.24, 2.45) is 7.05 Å². The van der Waals surface area contributed by atoms with Gasteiger partial charge in [0.25, 0.3) is 0 Å². The highest BCUT2D eigenvalue weighted by atomic mass is 16.6. The number of aryl methyl sites for hydroxylation is 1. The molecule has 2 aromatic rings. The van der Waals surface area contributed by atoms with E-state index in [1.54, 1.807) is 16.9 Å². The van der Waals surface area contributed by atoms with Crippen LogP contribution in [-0.4, -0.2) is 14.7 Å². The van der Waals surface area contributed by atoms with Gasteiger partial charge in [-0.1, -0.05) is 0 Å². The third-order valence-electron chi connectivity index (χ3n) is 3.30. The maximum absolute atomic E-state index is 11.2. The Balaban J connectivity index is 1.95. The molecule has 0 fully saturated rings. The van der Waals surface area contributed by atoms with E-state index in [1.807, 2.05) is 36.1 Å². The van der Waals surface area contributed by atoms with Crippen molar-refractivity contribution in [1.82, 2.24) is 9.78 Å². The van der Waals surface area contributed by atoms with E-state index in [-0.39, 0.29) is 10.6 Å². The summed E-state index contributed by atoms with van der Waals surface area (Å²) < 4.78 is 3.52. The van der Waals surface area contributed by atoms with Crippen LogP contribution in [0, 0.1) is 10.1 Å². The van der Waals surface area contributed by atoms with Gasteiger partial charge in [-0.25, -0.2) is 4.57 Å². The molecule has 2 aromatic heterocycles. The third kappa shape index (κ3) is 2.13. The molecule has 1 aliphatic rings. The number of hydrogen-bond acceptors (Lipinski definition) is 3. The number of allylic oxidation sites excluding steroid dienone is 1. The number of fused-ring (bicyclic) bond motifs is 1. The predicted molar refractivity (Wildman–Crippen MR) is 70.7 cm³/mol. The molecule has 0 bridgehead atoms. The maximum atomic E-state index is 11.2. The number of pyridine rings is 1. The van der Waals surface area contributed by atoms with Gasteiger partial charge in [-0.2, -0.15) is 0 Å². The molecule has 102 valence electrons. The van der Waals surface area contributed by atoms with Crippen molar-refractivity contribution < 1.29 is 9.49 Å². The average molecular weight is 271 g/mol. The van der Waals surface area contributed by atoms with E-state index in [1.165, 1.54) is 6.20 Å². The van der Waals surface area contributed by atoms with Gasteiger partial charge in [-0.15, -0.1) is 0 Å². The Morgan fingerprint density at radius 2 is 2.20 bits per heavy atom. The molecular weight excluding hydrogens is 258 g/mol. The third-order valence-corrected chi connectivity index (χ3v) is 3.30. The number of nitro groups is 1. The molecule has 1 unspecified atom stereocenters. The quantitative estimate of drug-likeness (QED) is 0.483. The SMILES string of the molecule is C[n+]1ccc(CC2C([N+](=O)[O-])=C[N-]c3ccnn32)cc1. The van der Waals surface area contributed by atoms with E-state index < -0.39 is 6.04 Å². The second-order valence-corrected chi connectivity index (χ2v) is 4.67. The Kier molecular flexibility index (Phi) is 2.94. The van der Waals surface area contributed by atoms with Crippen LogP contribution in [0.5, 0.6) is 0 Å². The lowest BCUT2D eigenvalue weighted by Crippen LogP contribution is -2.27. The lowest BCUT2D eigenvalue weighted by molar-refractivity contribution is -0.671. The van der Waals surface area contributed by atoms with E-state index in [2.05, 4.69) is 10.4 Å². The van der Waals surface area contributed by atoms with Crippen LogP contribution in [0.1, 0.15) is 11.6 Å². The Hall–Kier alpha value is -2.70. The Bertz CT molecular complexity index is 674. The lowest BCUT2D eigenvalue weighted by Gasteiger charge is -2.29. The van der Waals surface area contributed by atoms with Crippen molar-refractivity contribution >= 4 is 5.82 Å². The van der Waals surface area contributed by atoms with Crippen molar-refractivity contribution in [3.8, 4) is 0 Å². The van der Waals surface area contributed by atoms with Gasteiger partial charge in [-0.05, 0) is 30.1 Å². The predicted octanol–water partition coefficient (Wildman–Crippen LogP) is 1.63. The van der Waals surface area contributed by atoms with E-state index in [9.17, 15) is 10.1 Å². The van der Waals surface area contributed by atoms with Crippen molar-refractivity contribution in [3.05, 3.63) is 69.7 Å². The minimum atomic E-state index is -0.430. The Morgan fingerprint density at radius 3 is 2.90 bits per heavy atom. The molecule has 3 heterocycles. The summed E-state index contributed by atoms with van der Waals surface area (Å²) in [5.74, 6) is 0.641. The van der Waals surface area contributed by atoms with Crippen LogP contribution in [0.4, 0.5) is 5.82 Å². The summed E-state index contributed by atoms with van der Waals surface area (Å²) in [5, 5.41) is 19.4. The first kappa shape index (κ1) is 12.3. The minimum absolute atomic E-state index is 0.0643. The van der Waals surface area contributed by atoms with Crippen molar-refractivity contribution in [2.45, 2.75) is 12.5 Å². The van der Waals surface area contributed by atoms with E-state index in [0.29, 0.717) is 12.2 Å². The number of rotatable bonds is 3. The average Bonchev–Trinajstić information content (AvgIpc) is 2.90. The summed E-state index contributed by atoms with van der Waals surface area (Å²) in [6.45, 7) is 0. The summed E-state index contributed by atoms with van der Waals surface area (Å²) in [4.78, 5) is 10.8. The first-order chi connectivity index (χ1) is 9.65. The maximum Gasteiger partial charge on any atom is 0.246 e. The fourth-order valence-electron chi connectivity index (χ4n) is 2.24. The largest absolute Gasteiger partial charge is 0.436 e. The molecule has 0 saturated heterocycles. The van der Waals surface area contributed by atoms with Gasteiger partial charge >= 0.3 is 0 Å². The molecule has 0 saturated carbocycles. The first-order valence-electron chi connectivity index (χ1n) is 6.18. The van der Waals surface area contributed by atoms with E-state index in [4.69, 9.17) is 0 Å². The van der Waals surface area contributed by atoms with Crippen LogP contribution in [0.15, 0.2) is 48.7 Å². The molecule has 7 heteroatoms. The van der Waals surface area contributed by atoms with Crippen LogP contribution in [0.25, 0.3) is 5.32 Å². The Morgan fingerprint density at radius 1 is 1.45 bits per heavy atom. The van der Waals surface area contributed by atoms with Crippen molar-refractivity contribution in [2.75, 3.05) is 0 Å². The summed E-state index contributed by atoms with van der Waals surface area (Å²) in [6, 6.07) is 5.21. The van der Waals surface area contributed by atoms with Gasteiger partial charge in [0.1, 0.15) is 7.05 Å². The van der Waals surface area contributed by atoms with Gasteiger partial charge in [0.15, 0.2) is 12.4 Å². The van der Waals surface area contributed by atoms with Crippen LogP contribution < -0.4 is 4.57 Å². The van der Waals surface area contributed by atoms with E-state index >= 15 is 0 Å². The van der Waals surface area contributed by atoms with Crippen molar-refractivity contribution in [3.63, 3.8) is 0 Å². The fourth-order valence-corrected chi connectivity index (χ4v) is 2.24. The smallest absolute Gasteiger partial charge is 0.246 e. The molecule has 20 heavy (non-hydrogen) atoms. The molecule has 0 aromatic carbocycles. The molecule has 1 atom stereocenters. The molecule has 0 aliphatic carbocycles. The molecule has 1 aliphatic heterocycles. The first-order valence-corrected chi connectivity index (χ1v) is 6.18. The van der Waals surface area contributed by atoms with Gasteiger partial charge < -0.3 is 10.00 Å². The molecule has 0 N–H and O–H groups in total. The normalized spacial score (nSPS) is 17.1. The van der Waals surface area contributed by atoms with Crippen molar-refractivity contribution in [1.29, 1.82) is 0 Å². The van der Waals surface area contributed by atoms with Crippen LogP contribution >= 0.6 is 0 Å². The number of aromatic nitrogens is 3. The molecule has 7 nitrogen and oxygen atoms in total. The second-order valence-electron chi connectivity index (χ2n) is 4.67. The van der Waals surface area contributed by atoms with Gasteiger partial charge in [0.2, 0.25) is 5.70 Å². The zero-order chi connectivity index (χ0) is 14.1. The van der Waals surface area contributed by atoms with Crippen LogP contribution in [0.2, 0.25) is 0 Å². The zero-order valence-corrected chi connectivity index (χ0v) is 10.9. The standard InChI is InChI=1S/C13H13N5O2/c1-16-6-3-10(4-7-16)8-11-12(18(19)20)9-14-13-2-5-15-17(11)13/h2-7,9,11H,8H2,1H3. The van der Waals surface area contributed by atoms with Crippen LogP contribution in [-0.2, 0) is 13.5 Å². The molecule has 0 spiro atoms. The van der Waals surface area contributed by atoms with E-state index in [0.717, 1.165) is 5.56 Å². The summed E-state index contributed by atoms with van der Waals surface area (Å²) in [6.07, 6.45) is 7.28. The van der Waals surface area contributed by atoms with Crippen LogP contribution in [0.3, 0.4) is 0 Å². The molecule has 0 amide bonds. The summed E-state index contributed by atoms with van der Waals surface area (Å²) >= 11 is 0. The monoisotopic (exact) mass is 271 g/mol. The van der Waals surface area contributed by atoms with Gasteiger partial charge in [0.05, 0.1) is 11.0 Å². The molecule has 3 rings (SSSR count). The highest BCUT2D eigenvalue weighted by Gasteiger charge is 2.26. The fraction of sp³-hybridized carbons (Fsp3) is 0.231.